The van der Waals surface area contributed by atoms with Crippen LogP contribution in [0.4, 0.5) is 16.2 Å². The summed E-state index contributed by atoms with van der Waals surface area (Å²) in [6, 6.07) is 14.9. The molecule has 2 aromatic carbocycles. The van der Waals surface area contributed by atoms with Gasteiger partial charge in [0.15, 0.2) is 0 Å². The van der Waals surface area contributed by atoms with E-state index >= 15 is 0 Å². The Kier molecular flexibility index (Phi) is 4.94. The Morgan fingerprint density at radius 1 is 0.913 bits per heavy atom. The average Bonchev–Trinajstić information content (AvgIpc) is 2.58. The van der Waals surface area contributed by atoms with Gasteiger partial charge in [-0.15, -0.1) is 0 Å². The predicted molar refractivity (Wildman–Crippen MR) is 95.7 cm³/mol. The van der Waals surface area contributed by atoms with Gasteiger partial charge in [-0.05, 0) is 36.4 Å². The molecule has 0 aliphatic carbocycles. The molecule has 1 aliphatic rings. The number of rotatable bonds is 2. The van der Waals surface area contributed by atoms with Gasteiger partial charge in [0.2, 0.25) is 0 Å². The number of urea groups is 1. The summed E-state index contributed by atoms with van der Waals surface area (Å²) in [4.78, 5) is 16.4. The van der Waals surface area contributed by atoms with Crippen molar-refractivity contribution in [2.24, 2.45) is 0 Å². The molecule has 1 N–H and O–H groups in total. The monoisotopic (exact) mass is 349 g/mol. The number of nitrogens with one attached hydrogen (secondary N) is 1. The molecule has 0 bridgehead atoms. The number of carbonyl (C=O) groups is 1. The number of hydrogen-bond donors (Lipinski definition) is 1. The van der Waals surface area contributed by atoms with Crippen LogP contribution in [-0.2, 0) is 0 Å². The first kappa shape index (κ1) is 16.0. The highest BCUT2D eigenvalue weighted by Crippen LogP contribution is 2.22. The molecule has 120 valence electrons. The van der Waals surface area contributed by atoms with Crippen molar-refractivity contribution >= 4 is 40.6 Å². The van der Waals surface area contributed by atoms with Crippen molar-refractivity contribution in [2.45, 2.75) is 0 Å². The maximum atomic E-state index is 12.3. The van der Waals surface area contributed by atoms with Gasteiger partial charge in [-0.2, -0.15) is 0 Å². The first-order valence-corrected chi connectivity index (χ1v) is 8.20. The summed E-state index contributed by atoms with van der Waals surface area (Å²) in [5, 5.41) is 4.13. The SMILES string of the molecule is O=C(Nc1ccccc1Cl)N1CCN(c2ccc(Cl)cc2)CC1. The molecule has 23 heavy (non-hydrogen) atoms. The van der Waals surface area contributed by atoms with Crippen molar-refractivity contribution in [3.8, 4) is 0 Å². The van der Waals surface area contributed by atoms with Crippen LogP contribution in [-0.4, -0.2) is 37.1 Å². The number of amides is 2. The lowest BCUT2D eigenvalue weighted by atomic mass is 10.2. The normalized spacial score (nSPS) is 14.7. The lowest BCUT2D eigenvalue weighted by molar-refractivity contribution is 0.208. The first-order chi connectivity index (χ1) is 11.1. The lowest BCUT2D eigenvalue weighted by Crippen LogP contribution is -2.50. The molecule has 0 aromatic heterocycles. The van der Waals surface area contributed by atoms with Crippen LogP contribution < -0.4 is 10.2 Å². The average molecular weight is 350 g/mol. The van der Waals surface area contributed by atoms with E-state index in [0.717, 1.165) is 23.8 Å². The third-order valence-electron chi connectivity index (χ3n) is 3.87. The summed E-state index contributed by atoms with van der Waals surface area (Å²) < 4.78 is 0. The minimum atomic E-state index is -0.117. The van der Waals surface area contributed by atoms with Gasteiger partial charge in [0.05, 0.1) is 10.7 Å². The number of benzene rings is 2. The Morgan fingerprint density at radius 2 is 1.57 bits per heavy atom. The van der Waals surface area contributed by atoms with E-state index in [-0.39, 0.29) is 6.03 Å². The standard InChI is InChI=1S/C17H17Cl2N3O/c18-13-5-7-14(8-6-13)21-9-11-22(12-10-21)17(23)20-16-4-2-1-3-15(16)19/h1-8H,9-12H2,(H,20,23). The molecule has 6 heteroatoms. The van der Waals surface area contributed by atoms with Crippen molar-refractivity contribution in [1.29, 1.82) is 0 Å². The van der Waals surface area contributed by atoms with Crippen molar-refractivity contribution < 1.29 is 4.79 Å². The largest absolute Gasteiger partial charge is 0.368 e. The van der Waals surface area contributed by atoms with E-state index in [2.05, 4.69) is 10.2 Å². The third-order valence-corrected chi connectivity index (χ3v) is 4.46. The number of hydrogen-bond acceptors (Lipinski definition) is 2. The highest BCUT2D eigenvalue weighted by atomic mass is 35.5. The highest BCUT2D eigenvalue weighted by molar-refractivity contribution is 6.33. The molecule has 4 nitrogen and oxygen atoms in total. The number of para-hydroxylation sites is 1. The van der Waals surface area contributed by atoms with Crippen LogP contribution in [0.3, 0.4) is 0 Å². The fraction of sp³-hybridized carbons (Fsp3) is 0.235. The van der Waals surface area contributed by atoms with E-state index in [1.807, 2.05) is 36.4 Å². The number of carbonyl (C=O) groups excluding carboxylic acids is 1. The van der Waals surface area contributed by atoms with E-state index in [0.29, 0.717) is 23.8 Å². The van der Waals surface area contributed by atoms with Crippen molar-refractivity contribution in [2.75, 3.05) is 36.4 Å². The molecule has 2 amide bonds. The van der Waals surface area contributed by atoms with E-state index in [1.54, 1.807) is 17.0 Å². The van der Waals surface area contributed by atoms with E-state index < -0.39 is 0 Å². The second kappa shape index (κ2) is 7.11. The number of nitrogens with zero attached hydrogens (tertiary/aromatic N) is 2. The predicted octanol–water partition coefficient (Wildman–Crippen LogP) is 4.35. The first-order valence-electron chi connectivity index (χ1n) is 7.44. The van der Waals surface area contributed by atoms with Crippen LogP contribution in [0, 0.1) is 0 Å². The summed E-state index contributed by atoms with van der Waals surface area (Å²) in [6.45, 7) is 2.91. The molecule has 2 aromatic rings. The van der Waals surface area contributed by atoms with Crippen LogP contribution in [0.25, 0.3) is 0 Å². The zero-order chi connectivity index (χ0) is 16.2. The van der Waals surface area contributed by atoms with E-state index in [1.165, 1.54) is 0 Å². The Labute approximate surface area is 145 Å². The number of piperazine rings is 1. The van der Waals surface area contributed by atoms with Crippen LogP contribution in [0.15, 0.2) is 48.5 Å². The summed E-state index contributed by atoms with van der Waals surface area (Å²) in [5.41, 5.74) is 1.76. The number of anilines is 2. The molecule has 3 rings (SSSR count). The molecule has 1 saturated heterocycles. The summed E-state index contributed by atoms with van der Waals surface area (Å²) in [5.74, 6) is 0. The molecule has 0 saturated carbocycles. The fourth-order valence-electron chi connectivity index (χ4n) is 2.58. The van der Waals surface area contributed by atoms with Crippen LogP contribution in [0.2, 0.25) is 10.0 Å². The second-order valence-corrected chi connectivity index (χ2v) is 6.20. The van der Waals surface area contributed by atoms with Gasteiger partial charge in [0.1, 0.15) is 0 Å². The molecule has 0 radical (unpaired) electrons. The zero-order valence-corrected chi connectivity index (χ0v) is 14.0. The maximum Gasteiger partial charge on any atom is 0.322 e. The minimum absolute atomic E-state index is 0.117. The quantitative estimate of drug-likeness (QED) is 0.874. The van der Waals surface area contributed by atoms with Gasteiger partial charge in [-0.1, -0.05) is 35.3 Å². The minimum Gasteiger partial charge on any atom is -0.368 e. The van der Waals surface area contributed by atoms with Gasteiger partial charge >= 0.3 is 6.03 Å². The van der Waals surface area contributed by atoms with Gasteiger partial charge < -0.3 is 15.1 Å². The smallest absolute Gasteiger partial charge is 0.322 e. The molecule has 1 heterocycles. The van der Waals surface area contributed by atoms with E-state index in [4.69, 9.17) is 23.2 Å². The third kappa shape index (κ3) is 3.89. The van der Waals surface area contributed by atoms with Crippen molar-refractivity contribution in [1.82, 2.24) is 4.90 Å². The molecule has 1 aliphatic heterocycles. The van der Waals surface area contributed by atoms with Crippen LogP contribution >= 0.6 is 23.2 Å². The second-order valence-electron chi connectivity index (χ2n) is 5.36. The van der Waals surface area contributed by atoms with Crippen LogP contribution in [0.1, 0.15) is 0 Å². The Morgan fingerprint density at radius 3 is 2.22 bits per heavy atom. The van der Waals surface area contributed by atoms with Gasteiger partial charge in [-0.25, -0.2) is 4.79 Å². The van der Waals surface area contributed by atoms with Crippen molar-refractivity contribution in [3.05, 3.63) is 58.6 Å². The summed E-state index contributed by atoms with van der Waals surface area (Å²) in [6.07, 6.45) is 0. The van der Waals surface area contributed by atoms with Crippen LogP contribution in [0.5, 0.6) is 0 Å². The number of halogens is 2. The Balaban J connectivity index is 1.57. The topological polar surface area (TPSA) is 35.6 Å². The molecule has 1 fully saturated rings. The molecular weight excluding hydrogens is 333 g/mol. The van der Waals surface area contributed by atoms with E-state index in [9.17, 15) is 4.79 Å². The summed E-state index contributed by atoms with van der Waals surface area (Å²) >= 11 is 12.0. The van der Waals surface area contributed by atoms with Gasteiger partial charge in [-0.3, -0.25) is 0 Å². The fourth-order valence-corrected chi connectivity index (χ4v) is 2.89. The molecule has 0 atom stereocenters. The molecule has 0 unspecified atom stereocenters. The lowest BCUT2D eigenvalue weighted by Gasteiger charge is -2.36. The van der Waals surface area contributed by atoms with Gasteiger partial charge in [0, 0.05) is 36.9 Å². The maximum absolute atomic E-state index is 12.3. The zero-order valence-electron chi connectivity index (χ0n) is 12.5. The molecule has 0 spiro atoms. The highest BCUT2D eigenvalue weighted by Gasteiger charge is 2.21. The van der Waals surface area contributed by atoms with Gasteiger partial charge in [0.25, 0.3) is 0 Å². The van der Waals surface area contributed by atoms with Crippen molar-refractivity contribution in [3.63, 3.8) is 0 Å². The molecular formula is C17H17Cl2N3O. The Bertz CT molecular complexity index is 682. The summed E-state index contributed by atoms with van der Waals surface area (Å²) in [7, 11) is 0. The Hall–Kier alpha value is -1.91.